The number of H-pyrrole nitrogens is 1. The van der Waals surface area contributed by atoms with Crippen LogP contribution in [0.4, 0.5) is 0 Å². The quantitative estimate of drug-likeness (QED) is 0.447. The van der Waals surface area contributed by atoms with Crippen molar-refractivity contribution in [2.75, 3.05) is 13.1 Å². The van der Waals surface area contributed by atoms with Crippen LogP contribution >= 0.6 is 0 Å². The van der Waals surface area contributed by atoms with Crippen LogP contribution in [0, 0.1) is 5.41 Å². The van der Waals surface area contributed by atoms with Gasteiger partial charge in [0.1, 0.15) is 0 Å². The van der Waals surface area contributed by atoms with Gasteiger partial charge in [-0.1, -0.05) is 26.0 Å². The highest BCUT2D eigenvalue weighted by atomic mass is 16.1. The van der Waals surface area contributed by atoms with Crippen LogP contribution in [0.5, 0.6) is 0 Å². The number of rotatable bonds is 6. The Morgan fingerprint density at radius 3 is 2.67 bits per heavy atom. The van der Waals surface area contributed by atoms with E-state index in [2.05, 4.69) is 58.3 Å². The molecule has 4 aromatic rings. The molecule has 1 fully saturated rings. The maximum Gasteiger partial charge on any atom is 0.253 e. The molecule has 2 N–H and O–H groups in total. The van der Waals surface area contributed by atoms with Crippen molar-refractivity contribution < 1.29 is 4.79 Å². The van der Waals surface area contributed by atoms with Crippen molar-refractivity contribution in [2.45, 2.75) is 39.8 Å². The topological polar surface area (TPSA) is 66.0 Å². The Morgan fingerprint density at radius 2 is 1.88 bits per heavy atom. The minimum atomic E-state index is -0.128. The van der Waals surface area contributed by atoms with Crippen LogP contribution in [0.1, 0.15) is 48.3 Å². The van der Waals surface area contributed by atoms with Gasteiger partial charge < -0.3 is 14.9 Å². The van der Waals surface area contributed by atoms with Crippen molar-refractivity contribution in [1.29, 1.82) is 0 Å². The number of nitrogens with zero attached hydrogens (tertiary/aromatic N) is 3. The average Bonchev–Trinajstić information content (AvgIpc) is 3.48. The van der Waals surface area contributed by atoms with Crippen molar-refractivity contribution in [3.63, 3.8) is 0 Å². The van der Waals surface area contributed by atoms with E-state index < -0.39 is 0 Å². The smallest absolute Gasteiger partial charge is 0.253 e. The van der Waals surface area contributed by atoms with E-state index in [-0.39, 0.29) is 5.91 Å². The zero-order valence-electron chi connectivity index (χ0n) is 19.3. The lowest BCUT2D eigenvalue weighted by Crippen LogP contribution is -2.36. The summed E-state index contributed by atoms with van der Waals surface area (Å²) in [5, 5.41) is 4.23. The van der Waals surface area contributed by atoms with E-state index in [9.17, 15) is 4.79 Å². The summed E-state index contributed by atoms with van der Waals surface area (Å²) in [6.45, 7) is 8.46. The van der Waals surface area contributed by atoms with Crippen LogP contribution in [0.3, 0.4) is 0 Å². The summed E-state index contributed by atoms with van der Waals surface area (Å²) in [5.74, 6) is -0.128. The van der Waals surface area contributed by atoms with Gasteiger partial charge in [0.15, 0.2) is 0 Å². The minimum Gasteiger partial charge on any atom is -0.357 e. The average molecular weight is 442 g/mol. The summed E-state index contributed by atoms with van der Waals surface area (Å²) in [4.78, 5) is 23.0. The summed E-state index contributed by atoms with van der Waals surface area (Å²) >= 11 is 0. The lowest BCUT2D eigenvalue weighted by Gasteiger charge is -2.36. The second-order valence-corrected chi connectivity index (χ2v) is 9.86. The molecule has 6 heteroatoms. The molecule has 1 saturated heterocycles. The van der Waals surface area contributed by atoms with Crippen molar-refractivity contribution in [3.8, 4) is 5.69 Å². The van der Waals surface area contributed by atoms with E-state index in [0.717, 1.165) is 36.4 Å². The molecular weight excluding hydrogens is 410 g/mol. The van der Waals surface area contributed by atoms with Gasteiger partial charge in [-0.25, -0.2) is 0 Å². The Kier molecular flexibility index (Phi) is 5.77. The molecule has 0 atom stereocenters. The molecule has 0 radical (unpaired) electrons. The third kappa shape index (κ3) is 5.01. The SMILES string of the molecule is CC1(C)CCN(Cc2cc3ccc(CNC(=O)c4cncc(-n5cccc5)c4)cc3[nH]2)CC1. The number of fused-ring (bicyclic) bond motifs is 1. The molecule has 1 aromatic carbocycles. The maximum atomic E-state index is 12.7. The van der Waals surface area contributed by atoms with E-state index >= 15 is 0 Å². The van der Waals surface area contributed by atoms with Crippen LogP contribution in [-0.4, -0.2) is 38.4 Å². The standard InChI is InChI=1S/C27H31N5O/c1-27(2)7-11-31(12-8-27)19-23-14-21-6-5-20(13-25(21)30-23)16-29-26(33)22-15-24(18-28-17-22)32-9-3-4-10-32/h3-6,9-10,13-15,17-18,30H,7-8,11-12,16,19H2,1-2H3,(H,29,33). The van der Waals surface area contributed by atoms with Gasteiger partial charge in [-0.2, -0.15) is 0 Å². The number of nitrogens with one attached hydrogen (secondary N) is 2. The zero-order chi connectivity index (χ0) is 22.8. The summed E-state index contributed by atoms with van der Waals surface area (Å²) in [7, 11) is 0. The van der Waals surface area contributed by atoms with Gasteiger partial charge in [0.25, 0.3) is 5.91 Å². The van der Waals surface area contributed by atoms with Crippen LogP contribution in [0.2, 0.25) is 0 Å². The van der Waals surface area contributed by atoms with Crippen LogP contribution < -0.4 is 5.32 Å². The lowest BCUT2D eigenvalue weighted by atomic mass is 9.83. The van der Waals surface area contributed by atoms with Gasteiger partial charge in [0.2, 0.25) is 0 Å². The van der Waals surface area contributed by atoms with E-state index in [1.165, 1.54) is 23.9 Å². The van der Waals surface area contributed by atoms with Gasteiger partial charge in [0, 0.05) is 42.9 Å². The first kappa shape index (κ1) is 21.5. The van der Waals surface area contributed by atoms with E-state index in [1.54, 1.807) is 12.4 Å². The second kappa shape index (κ2) is 8.87. The molecule has 4 heterocycles. The molecular formula is C27H31N5O. The first-order chi connectivity index (χ1) is 15.9. The number of aromatic amines is 1. The molecule has 0 aliphatic carbocycles. The Labute approximate surface area is 194 Å². The van der Waals surface area contributed by atoms with Crippen LogP contribution in [0.15, 0.2) is 67.3 Å². The molecule has 33 heavy (non-hydrogen) atoms. The Hall–Kier alpha value is -3.38. The Bertz CT molecular complexity index is 1240. The van der Waals surface area contributed by atoms with Gasteiger partial charge in [-0.05, 0) is 72.6 Å². The Morgan fingerprint density at radius 1 is 1.09 bits per heavy atom. The third-order valence-corrected chi connectivity index (χ3v) is 6.69. The molecule has 0 unspecified atom stereocenters. The summed E-state index contributed by atoms with van der Waals surface area (Å²) < 4.78 is 1.94. The van der Waals surface area contributed by atoms with Gasteiger partial charge in [-0.3, -0.25) is 14.7 Å². The number of carbonyl (C=O) groups is 1. The molecule has 1 aliphatic rings. The first-order valence-corrected chi connectivity index (χ1v) is 11.6. The molecule has 170 valence electrons. The van der Waals surface area contributed by atoms with Crippen molar-refractivity contribution in [1.82, 2.24) is 24.8 Å². The Balaban J connectivity index is 1.22. The fourth-order valence-corrected chi connectivity index (χ4v) is 4.47. The maximum absolute atomic E-state index is 12.7. The largest absolute Gasteiger partial charge is 0.357 e. The molecule has 0 saturated carbocycles. The van der Waals surface area contributed by atoms with Crippen LogP contribution in [-0.2, 0) is 13.1 Å². The summed E-state index contributed by atoms with van der Waals surface area (Å²) in [5.41, 5.74) is 5.32. The van der Waals surface area contributed by atoms with Crippen molar-refractivity contribution in [3.05, 3.63) is 84.1 Å². The molecule has 0 bridgehead atoms. The van der Waals surface area contributed by atoms with E-state index in [0.29, 0.717) is 17.5 Å². The number of hydrogen-bond donors (Lipinski definition) is 2. The normalized spacial score (nSPS) is 16.2. The molecule has 1 aliphatic heterocycles. The summed E-state index contributed by atoms with van der Waals surface area (Å²) in [6, 6.07) is 14.3. The number of pyridine rings is 1. The predicted molar refractivity (Wildman–Crippen MR) is 131 cm³/mol. The highest BCUT2D eigenvalue weighted by molar-refractivity contribution is 5.94. The van der Waals surface area contributed by atoms with Gasteiger partial charge >= 0.3 is 0 Å². The fourth-order valence-electron chi connectivity index (χ4n) is 4.47. The number of amides is 1. The third-order valence-electron chi connectivity index (χ3n) is 6.69. The molecule has 5 rings (SSSR count). The van der Waals surface area contributed by atoms with E-state index in [4.69, 9.17) is 0 Å². The van der Waals surface area contributed by atoms with Crippen molar-refractivity contribution >= 4 is 16.8 Å². The number of carbonyl (C=O) groups excluding carboxylic acids is 1. The van der Waals surface area contributed by atoms with Gasteiger partial charge in [-0.15, -0.1) is 0 Å². The minimum absolute atomic E-state index is 0.128. The number of piperidine rings is 1. The summed E-state index contributed by atoms with van der Waals surface area (Å²) in [6.07, 6.45) is 9.72. The first-order valence-electron chi connectivity index (χ1n) is 11.6. The van der Waals surface area contributed by atoms with E-state index in [1.807, 2.05) is 35.2 Å². The molecule has 3 aromatic heterocycles. The van der Waals surface area contributed by atoms with Crippen molar-refractivity contribution in [2.24, 2.45) is 5.41 Å². The number of likely N-dealkylation sites (tertiary alicyclic amines) is 1. The predicted octanol–water partition coefficient (Wildman–Crippen LogP) is 4.91. The molecule has 0 spiro atoms. The molecule has 6 nitrogen and oxygen atoms in total. The highest BCUT2D eigenvalue weighted by Crippen LogP contribution is 2.30. The second-order valence-electron chi connectivity index (χ2n) is 9.86. The van der Waals surface area contributed by atoms with Gasteiger partial charge in [0.05, 0.1) is 17.4 Å². The lowest BCUT2D eigenvalue weighted by molar-refractivity contribution is 0.0950. The number of hydrogen-bond acceptors (Lipinski definition) is 3. The molecule has 1 amide bonds. The number of benzene rings is 1. The monoisotopic (exact) mass is 441 g/mol. The number of aromatic nitrogens is 3. The zero-order valence-corrected chi connectivity index (χ0v) is 19.3. The fraction of sp³-hybridized carbons (Fsp3) is 0.333. The highest BCUT2D eigenvalue weighted by Gasteiger charge is 2.25. The van der Waals surface area contributed by atoms with Crippen LogP contribution in [0.25, 0.3) is 16.6 Å².